The van der Waals surface area contributed by atoms with Crippen LogP contribution in [0.1, 0.15) is 42.7 Å². The van der Waals surface area contributed by atoms with Gasteiger partial charge in [0.2, 0.25) is 0 Å². The molecular formula is C18H23N3. The van der Waals surface area contributed by atoms with E-state index in [9.17, 15) is 5.26 Å². The summed E-state index contributed by atoms with van der Waals surface area (Å²) in [6.07, 6.45) is 1.97. The monoisotopic (exact) mass is 281 g/mol. The second-order valence-corrected chi connectivity index (χ2v) is 6.22. The van der Waals surface area contributed by atoms with Crippen LogP contribution in [0.2, 0.25) is 0 Å². The zero-order valence-electron chi connectivity index (χ0n) is 13.3. The lowest BCUT2D eigenvalue weighted by molar-refractivity contribution is 0.327. The molecule has 3 heteroatoms. The average Bonchev–Trinajstić information content (AvgIpc) is 2.68. The van der Waals surface area contributed by atoms with Crippen molar-refractivity contribution in [3.8, 4) is 6.07 Å². The summed E-state index contributed by atoms with van der Waals surface area (Å²) in [5.41, 5.74) is 10.1. The number of aryl methyl sites for hydroxylation is 1. The second kappa shape index (κ2) is 5.65. The molecule has 0 bridgehead atoms. The molecule has 2 N–H and O–H groups in total. The first kappa shape index (κ1) is 15.2. The molecule has 0 aliphatic rings. The molecule has 2 aromatic rings. The minimum absolute atomic E-state index is 0.121. The Balaban J connectivity index is 2.30. The molecule has 0 atom stereocenters. The number of nitrogens with zero attached hydrogens (tertiary/aromatic N) is 2. The highest BCUT2D eigenvalue weighted by atomic mass is 15.1. The van der Waals surface area contributed by atoms with Crippen molar-refractivity contribution in [1.82, 2.24) is 4.57 Å². The summed E-state index contributed by atoms with van der Waals surface area (Å²) < 4.78 is 2.11. The number of anilines is 1. The van der Waals surface area contributed by atoms with Gasteiger partial charge in [-0.2, -0.15) is 5.26 Å². The van der Waals surface area contributed by atoms with Crippen molar-refractivity contribution in [2.45, 2.75) is 46.1 Å². The Kier molecular flexibility index (Phi) is 4.09. The number of nitriles is 1. The number of hydrogen-bond donors (Lipinski definition) is 1. The molecule has 0 amide bonds. The first-order chi connectivity index (χ1) is 9.88. The maximum Gasteiger partial charge on any atom is 0.122 e. The molecule has 2 rings (SSSR count). The number of nitrogen functional groups attached to an aromatic ring is 1. The van der Waals surface area contributed by atoms with Gasteiger partial charge in [-0.15, -0.1) is 0 Å². The first-order valence-electron chi connectivity index (χ1n) is 7.30. The third kappa shape index (κ3) is 2.80. The fourth-order valence-electron chi connectivity index (χ4n) is 2.96. The maximum absolute atomic E-state index is 9.27. The largest absolute Gasteiger partial charge is 0.384 e. The molecule has 0 saturated carbocycles. The van der Waals surface area contributed by atoms with Crippen molar-refractivity contribution in [3.63, 3.8) is 0 Å². The second-order valence-electron chi connectivity index (χ2n) is 6.22. The molecule has 110 valence electrons. The fraction of sp³-hybridized carbons (Fsp3) is 0.389. The molecule has 21 heavy (non-hydrogen) atoms. The highest BCUT2D eigenvalue weighted by Crippen LogP contribution is 2.33. The lowest BCUT2D eigenvalue weighted by Gasteiger charge is -2.30. The summed E-state index contributed by atoms with van der Waals surface area (Å²) in [7, 11) is 0. The molecule has 1 aromatic heterocycles. The zero-order valence-corrected chi connectivity index (χ0v) is 13.3. The number of aromatic nitrogens is 1. The minimum atomic E-state index is -0.121. The Morgan fingerprint density at radius 3 is 2.33 bits per heavy atom. The van der Waals surface area contributed by atoms with Crippen molar-refractivity contribution in [3.05, 3.63) is 52.7 Å². The number of rotatable bonds is 4. The van der Waals surface area contributed by atoms with E-state index in [1.807, 2.05) is 19.9 Å². The van der Waals surface area contributed by atoms with E-state index in [0.717, 1.165) is 24.1 Å². The summed E-state index contributed by atoms with van der Waals surface area (Å²) >= 11 is 0. The molecule has 0 saturated heterocycles. The van der Waals surface area contributed by atoms with Crippen LogP contribution in [-0.2, 0) is 12.0 Å². The van der Waals surface area contributed by atoms with Gasteiger partial charge in [-0.25, -0.2) is 0 Å². The fourth-order valence-corrected chi connectivity index (χ4v) is 2.96. The van der Waals surface area contributed by atoms with Gasteiger partial charge in [-0.3, -0.25) is 0 Å². The van der Waals surface area contributed by atoms with Crippen molar-refractivity contribution in [2.24, 2.45) is 0 Å². The summed E-state index contributed by atoms with van der Waals surface area (Å²) in [6.45, 7) is 8.37. The molecule has 0 aliphatic heterocycles. The predicted molar refractivity (Wildman–Crippen MR) is 87.1 cm³/mol. The summed E-state index contributed by atoms with van der Waals surface area (Å²) in [4.78, 5) is 0. The molecule has 3 nitrogen and oxygen atoms in total. The quantitative estimate of drug-likeness (QED) is 0.923. The van der Waals surface area contributed by atoms with Gasteiger partial charge in [0.05, 0.1) is 5.56 Å². The van der Waals surface area contributed by atoms with Crippen LogP contribution in [0.3, 0.4) is 0 Å². The van der Waals surface area contributed by atoms with Crippen LogP contribution in [0.4, 0.5) is 5.82 Å². The van der Waals surface area contributed by atoms with Crippen LogP contribution >= 0.6 is 0 Å². The van der Waals surface area contributed by atoms with Gasteiger partial charge in [0, 0.05) is 11.2 Å². The smallest absolute Gasteiger partial charge is 0.122 e. The molecule has 1 aromatic carbocycles. The zero-order chi connectivity index (χ0) is 15.6. The number of nitrogens with two attached hydrogens (primary N) is 1. The molecule has 0 radical (unpaired) electrons. The standard InChI is InChI=1S/C18H23N3/c1-13-14(2)21(17(20)16(13)12-19)18(3,4)11-10-15-8-6-5-7-9-15/h5-9H,10-11,20H2,1-4H3. The maximum atomic E-state index is 9.27. The van der Waals surface area contributed by atoms with Crippen LogP contribution < -0.4 is 5.73 Å². The van der Waals surface area contributed by atoms with Crippen molar-refractivity contribution < 1.29 is 0 Å². The lowest BCUT2D eigenvalue weighted by atomic mass is 9.94. The topological polar surface area (TPSA) is 54.7 Å². The first-order valence-corrected chi connectivity index (χ1v) is 7.30. The number of hydrogen-bond acceptors (Lipinski definition) is 2. The van der Waals surface area contributed by atoms with Gasteiger partial charge in [0.1, 0.15) is 11.9 Å². The summed E-state index contributed by atoms with van der Waals surface area (Å²) in [5, 5.41) is 9.27. The van der Waals surface area contributed by atoms with E-state index in [-0.39, 0.29) is 5.54 Å². The Morgan fingerprint density at radius 1 is 1.19 bits per heavy atom. The van der Waals surface area contributed by atoms with E-state index in [2.05, 4.69) is 48.7 Å². The lowest BCUT2D eigenvalue weighted by Crippen LogP contribution is -2.29. The van der Waals surface area contributed by atoms with Gasteiger partial charge < -0.3 is 10.3 Å². The van der Waals surface area contributed by atoms with Crippen molar-refractivity contribution in [1.29, 1.82) is 5.26 Å². The van der Waals surface area contributed by atoms with Crippen LogP contribution in [0.5, 0.6) is 0 Å². The van der Waals surface area contributed by atoms with Gasteiger partial charge in [-0.1, -0.05) is 30.3 Å². The van der Waals surface area contributed by atoms with Crippen molar-refractivity contribution >= 4 is 5.82 Å². The molecule has 0 unspecified atom stereocenters. The van der Waals surface area contributed by atoms with E-state index < -0.39 is 0 Å². The Bertz CT molecular complexity index is 673. The highest BCUT2D eigenvalue weighted by molar-refractivity contribution is 5.58. The molecule has 0 spiro atoms. The summed E-state index contributed by atoms with van der Waals surface area (Å²) in [6, 6.07) is 12.7. The van der Waals surface area contributed by atoms with Crippen LogP contribution in [-0.4, -0.2) is 4.57 Å². The Labute approximate surface area is 127 Å². The van der Waals surface area contributed by atoms with Gasteiger partial charge in [-0.05, 0) is 51.7 Å². The minimum Gasteiger partial charge on any atom is -0.384 e. The predicted octanol–water partition coefficient (Wildman–Crippen LogP) is 3.93. The van der Waals surface area contributed by atoms with Crippen LogP contribution in [0, 0.1) is 25.2 Å². The molecule has 0 aliphatic carbocycles. The third-order valence-corrected chi connectivity index (χ3v) is 4.34. The SMILES string of the molecule is Cc1c(C#N)c(N)n(C(C)(C)CCc2ccccc2)c1C. The normalized spacial score (nSPS) is 11.4. The van der Waals surface area contributed by atoms with Crippen molar-refractivity contribution in [2.75, 3.05) is 5.73 Å². The van der Waals surface area contributed by atoms with E-state index in [1.54, 1.807) is 0 Å². The number of benzene rings is 1. The van der Waals surface area contributed by atoms with E-state index in [4.69, 9.17) is 5.73 Å². The molecule has 1 heterocycles. The van der Waals surface area contributed by atoms with E-state index >= 15 is 0 Å². The Hall–Kier alpha value is -2.21. The third-order valence-electron chi connectivity index (χ3n) is 4.34. The van der Waals surface area contributed by atoms with E-state index in [1.165, 1.54) is 5.56 Å². The van der Waals surface area contributed by atoms with Gasteiger partial charge in [0.15, 0.2) is 0 Å². The molecular weight excluding hydrogens is 258 g/mol. The average molecular weight is 281 g/mol. The molecule has 0 fully saturated rings. The van der Waals surface area contributed by atoms with Crippen LogP contribution in [0.15, 0.2) is 30.3 Å². The summed E-state index contributed by atoms with van der Waals surface area (Å²) in [5.74, 6) is 0.588. The van der Waals surface area contributed by atoms with Gasteiger partial charge in [0.25, 0.3) is 0 Å². The van der Waals surface area contributed by atoms with Gasteiger partial charge >= 0.3 is 0 Å². The van der Waals surface area contributed by atoms with Crippen LogP contribution in [0.25, 0.3) is 0 Å². The Morgan fingerprint density at radius 2 is 1.81 bits per heavy atom. The van der Waals surface area contributed by atoms with E-state index in [0.29, 0.717) is 11.4 Å². The highest BCUT2D eigenvalue weighted by Gasteiger charge is 2.27.